The van der Waals surface area contributed by atoms with Crippen molar-refractivity contribution >= 4 is 22.8 Å². The highest BCUT2D eigenvalue weighted by molar-refractivity contribution is 8.16. The number of fused-ring (bicyclic) bond motifs is 1. The number of hydrogen-bond donors (Lipinski definition) is 1. The van der Waals surface area contributed by atoms with Gasteiger partial charge in [0.1, 0.15) is 0 Å². The molecule has 0 radical (unpaired) electrons. The van der Waals surface area contributed by atoms with E-state index in [1.807, 2.05) is 37.3 Å². The molecule has 4 nitrogen and oxygen atoms in total. The molecular weight excluding hydrogens is 282 g/mol. The maximum Gasteiger partial charge on any atom is 0.248 e. The maximum absolute atomic E-state index is 12.0. The predicted octanol–water partition coefficient (Wildman–Crippen LogP) is 3.16. The van der Waals surface area contributed by atoms with Gasteiger partial charge in [-0.15, -0.1) is 0 Å². The van der Waals surface area contributed by atoms with Crippen molar-refractivity contribution in [1.82, 2.24) is 4.90 Å². The molecule has 0 aliphatic carbocycles. The Morgan fingerprint density at radius 3 is 2.71 bits per heavy atom. The fourth-order valence-electron chi connectivity index (χ4n) is 2.76. The van der Waals surface area contributed by atoms with Crippen LogP contribution in [0.2, 0.25) is 0 Å². The molecule has 2 heterocycles. The Bertz CT molecular complexity index is 676. The summed E-state index contributed by atoms with van der Waals surface area (Å²) >= 11 is 1.60. The average Bonchev–Trinajstić information content (AvgIpc) is 2.88. The van der Waals surface area contributed by atoms with E-state index in [-0.39, 0.29) is 6.04 Å². The molecule has 2 aliphatic heterocycles. The standard InChI is InChI=1S/C16H17N3OS/c1-3-12-9-21-16-18-10(2)13(15(17)20)14(19(12)16)11-7-5-4-6-8-11/h4-9,14H,3H2,1-2H3,(H2,17,20)/t14-/m0/s1. The lowest BCUT2D eigenvalue weighted by Gasteiger charge is -2.36. The van der Waals surface area contributed by atoms with Crippen LogP contribution in [0.4, 0.5) is 0 Å². The highest BCUT2D eigenvalue weighted by atomic mass is 32.2. The van der Waals surface area contributed by atoms with E-state index < -0.39 is 5.91 Å². The molecule has 0 fully saturated rings. The smallest absolute Gasteiger partial charge is 0.248 e. The zero-order chi connectivity index (χ0) is 15.0. The number of hydrogen-bond acceptors (Lipinski definition) is 4. The van der Waals surface area contributed by atoms with E-state index in [2.05, 4.69) is 22.2 Å². The van der Waals surface area contributed by atoms with Crippen LogP contribution in [-0.4, -0.2) is 16.0 Å². The van der Waals surface area contributed by atoms with Crippen molar-refractivity contribution in [2.45, 2.75) is 26.3 Å². The van der Waals surface area contributed by atoms with E-state index in [1.54, 1.807) is 11.8 Å². The molecule has 0 spiro atoms. The number of rotatable bonds is 3. The fraction of sp³-hybridized carbons (Fsp3) is 0.250. The SMILES string of the molecule is CCC1=CSC2=NC(C)=C(C(N)=O)[C@H](c3ccccc3)N12. The molecular formula is C16H17N3OS. The van der Waals surface area contributed by atoms with Gasteiger partial charge in [0, 0.05) is 5.70 Å². The second-order valence-electron chi connectivity index (χ2n) is 5.02. The molecule has 1 atom stereocenters. The molecule has 5 heteroatoms. The maximum atomic E-state index is 12.0. The summed E-state index contributed by atoms with van der Waals surface area (Å²) in [6, 6.07) is 9.80. The third kappa shape index (κ3) is 2.27. The van der Waals surface area contributed by atoms with Gasteiger partial charge in [-0.05, 0) is 24.3 Å². The molecule has 0 saturated heterocycles. The van der Waals surface area contributed by atoms with Crippen LogP contribution in [0.25, 0.3) is 0 Å². The van der Waals surface area contributed by atoms with E-state index in [1.165, 1.54) is 5.70 Å². The molecule has 2 N–H and O–H groups in total. The summed E-state index contributed by atoms with van der Waals surface area (Å²) in [7, 11) is 0. The predicted molar refractivity (Wildman–Crippen MR) is 86.3 cm³/mol. The minimum Gasteiger partial charge on any atom is -0.366 e. The second-order valence-corrected chi connectivity index (χ2v) is 5.86. The minimum atomic E-state index is -0.406. The normalized spacial score (nSPS) is 21.0. The molecule has 0 unspecified atom stereocenters. The highest BCUT2D eigenvalue weighted by Crippen LogP contribution is 2.44. The summed E-state index contributed by atoms with van der Waals surface area (Å²) in [6.07, 6.45) is 0.889. The number of amides is 1. The lowest BCUT2D eigenvalue weighted by Crippen LogP contribution is -2.37. The Balaban J connectivity index is 2.17. The Labute approximate surface area is 128 Å². The van der Waals surface area contributed by atoms with Crippen molar-refractivity contribution in [3.63, 3.8) is 0 Å². The molecule has 21 heavy (non-hydrogen) atoms. The van der Waals surface area contributed by atoms with E-state index in [0.717, 1.165) is 17.2 Å². The van der Waals surface area contributed by atoms with Crippen molar-refractivity contribution < 1.29 is 4.79 Å². The molecule has 2 aliphatic rings. The van der Waals surface area contributed by atoms with Crippen LogP contribution in [0.1, 0.15) is 31.9 Å². The topological polar surface area (TPSA) is 58.7 Å². The summed E-state index contributed by atoms with van der Waals surface area (Å²) in [5.41, 5.74) is 9.14. The van der Waals surface area contributed by atoms with Crippen molar-refractivity contribution in [3.8, 4) is 0 Å². The van der Waals surface area contributed by atoms with E-state index in [9.17, 15) is 4.79 Å². The summed E-state index contributed by atoms with van der Waals surface area (Å²) in [5.74, 6) is -0.406. The van der Waals surface area contributed by atoms with Gasteiger partial charge in [0.2, 0.25) is 5.91 Å². The van der Waals surface area contributed by atoms with Crippen LogP contribution in [0.3, 0.4) is 0 Å². The van der Waals surface area contributed by atoms with Gasteiger partial charge < -0.3 is 10.6 Å². The van der Waals surface area contributed by atoms with Crippen molar-refractivity contribution in [1.29, 1.82) is 0 Å². The summed E-state index contributed by atoms with van der Waals surface area (Å²) in [4.78, 5) is 18.7. The molecule has 1 amide bonds. The summed E-state index contributed by atoms with van der Waals surface area (Å²) < 4.78 is 0. The van der Waals surface area contributed by atoms with Gasteiger partial charge in [-0.2, -0.15) is 0 Å². The number of allylic oxidation sites excluding steroid dienone is 2. The summed E-state index contributed by atoms with van der Waals surface area (Å²) in [6.45, 7) is 3.96. The number of carbonyl (C=O) groups excluding carboxylic acids is 1. The van der Waals surface area contributed by atoms with Gasteiger partial charge in [0.25, 0.3) is 0 Å². The van der Waals surface area contributed by atoms with Crippen LogP contribution in [0, 0.1) is 0 Å². The molecule has 0 saturated carbocycles. The average molecular weight is 299 g/mol. The monoisotopic (exact) mass is 299 g/mol. The minimum absolute atomic E-state index is 0.183. The second kappa shape index (κ2) is 5.41. The zero-order valence-corrected chi connectivity index (χ0v) is 12.9. The number of aliphatic imine (C=N–C) groups is 1. The number of nitrogens with zero attached hydrogens (tertiary/aromatic N) is 2. The molecule has 0 bridgehead atoms. The largest absolute Gasteiger partial charge is 0.366 e. The van der Waals surface area contributed by atoms with Crippen molar-refractivity contribution in [3.05, 3.63) is 58.3 Å². The first-order valence-electron chi connectivity index (χ1n) is 6.92. The Hall–Kier alpha value is -2.01. The lowest BCUT2D eigenvalue weighted by molar-refractivity contribution is -0.115. The first-order chi connectivity index (χ1) is 10.1. The Morgan fingerprint density at radius 1 is 1.38 bits per heavy atom. The number of primary amides is 1. The van der Waals surface area contributed by atoms with E-state index in [0.29, 0.717) is 11.3 Å². The fourth-order valence-corrected chi connectivity index (χ4v) is 3.81. The summed E-state index contributed by atoms with van der Waals surface area (Å²) in [5, 5.41) is 3.02. The van der Waals surface area contributed by atoms with Crippen LogP contribution < -0.4 is 5.73 Å². The Morgan fingerprint density at radius 2 is 2.10 bits per heavy atom. The van der Waals surface area contributed by atoms with Gasteiger partial charge in [0.05, 0.1) is 17.3 Å². The van der Waals surface area contributed by atoms with Crippen LogP contribution in [-0.2, 0) is 4.79 Å². The van der Waals surface area contributed by atoms with E-state index in [4.69, 9.17) is 5.73 Å². The van der Waals surface area contributed by atoms with Crippen molar-refractivity contribution in [2.24, 2.45) is 10.7 Å². The van der Waals surface area contributed by atoms with Crippen molar-refractivity contribution in [2.75, 3.05) is 0 Å². The van der Waals surface area contributed by atoms with Gasteiger partial charge >= 0.3 is 0 Å². The third-order valence-electron chi connectivity index (χ3n) is 3.74. The lowest BCUT2D eigenvalue weighted by atomic mass is 9.93. The molecule has 108 valence electrons. The van der Waals surface area contributed by atoms with Gasteiger partial charge in [-0.25, -0.2) is 4.99 Å². The molecule has 1 aromatic carbocycles. The van der Waals surface area contributed by atoms with Crippen LogP contribution >= 0.6 is 11.8 Å². The molecule has 3 rings (SSSR count). The van der Waals surface area contributed by atoms with Crippen LogP contribution in [0.15, 0.2) is 57.7 Å². The first-order valence-corrected chi connectivity index (χ1v) is 7.80. The Kier molecular flexibility index (Phi) is 3.59. The molecule has 0 aromatic heterocycles. The number of carbonyl (C=O) groups is 1. The third-order valence-corrected chi connectivity index (χ3v) is 4.63. The number of benzene rings is 1. The molecule has 1 aromatic rings. The van der Waals surface area contributed by atoms with E-state index >= 15 is 0 Å². The van der Waals surface area contributed by atoms with Gasteiger partial charge in [0.15, 0.2) is 5.17 Å². The number of nitrogens with two attached hydrogens (primary N) is 1. The highest BCUT2D eigenvalue weighted by Gasteiger charge is 2.38. The number of thioether (sulfide) groups is 1. The van der Waals surface area contributed by atoms with Gasteiger partial charge in [-0.3, -0.25) is 4.79 Å². The number of amidine groups is 1. The van der Waals surface area contributed by atoms with Crippen LogP contribution in [0.5, 0.6) is 0 Å². The van der Waals surface area contributed by atoms with Gasteiger partial charge in [-0.1, -0.05) is 49.0 Å². The first kappa shape index (κ1) is 13.9. The quantitative estimate of drug-likeness (QED) is 0.932. The zero-order valence-electron chi connectivity index (χ0n) is 12.0.